The number of amides is 1. The monoisotopic (exact) mass is 374 g/mol. The molecule has 0 radical (unpaired) electrons. The molecule has 1 fully saturated rings. The Hall–Kier alpha value is -3.34. The summed E-state index contributed by atoms with van der Waals surface area (Å²) in [5.74, 6) is -0.868. The van der Waals surface area contributed by atoms with Crippen molar-refractivity contribution in [3.63, 3.8) is 0 Å². The van der Waals surface area contributed by atoms with E-state index in [0.29, 0.717) is 31.5 Å². The molecule has 5 heteroatoms. The smallest absolute Gasteiger partial charge is 0.314 e. The molecule has 5 nitrogen and oxygen atoms in total. The van der Waals surface area contributed by atoms with Crippen molar-refractivity contribution in [2.45, 2.75) is 18.3 Å². The summed E-state index contributed by atoms with van der Waals surface area (Å²) in [6.07, 6.45) is 4.74. The number of carboxylic acid groups (broad SMARTS) is 1. The molecule has 1 aliphatic rings. The fourth-order valence-corrected chi connectivity index (χ4v) is 3.94. The van der Waals surface area contributed by atoms with Crippen molar-refractivity contribution in [1.29, 1.82) is 0 Å². The van der Waals surface area contributed by atoms with Gasteiger partial charge in [-0.15, -0.1) is 0 Å². The second kappa shape index (κ2) is 7.35. The predicted molar refractivity (Wildman–Crippen MR) is 107 cm³/mol. The molecule has 4 rings (SSSR count). The number of piperidine rings is 1. The molecule has 2 heterocycles. The van der Waals surface area contributed by atoms with E-state index in [1.165, 1.54) is 0 Å². The van der Waals surface area contributed by atoms with E-state index in [0.717, 1.165) is 11.3 Å². The van der Waals surface area contributed by atoms with Gasteiger partial charge in [0.25, 0.3) is 5.91 Å². The van der Waals surface area contributed by atoms with Crippen molar-refractivity contribution >= 4 is 11.9 Å². The highest BCUT2D eigenvalue weighted by Gasteiger charge is 2.43. The number of likely N-dealkylation sites (tertiary alicyclic amines) is 1. The van der Waals surface area contributed by atoms with Gasteiger partial charge in [0.2, 0.25) is 0 Å². The summed E-state index contributed by atoms with van der Waals surface area (Å²) < 4.78 is 1.98. The first kappa shape index (κ1) is 18.0. The zero-order chi connectivity index (χ0) is 19.6. The Labute approximate surface area is 163 Å². The van der Waals surface area contributed by atoms with Crippen molar-refractivity contribution < 1.29 is 14.7 Å². The molecule has 1 amide bonds. The van der Waals surface area contributed by atoms with Crippen LogP contribution in [0.4, 0.5) is 0 Å². The Morgan fingerprint density at radius 3 is 2.00 bits per heavy atom. The number of carbonyl (C=O) groups is 2. The minimum absolute atomic E-state index is 0.0499. The molecule has 2 aromatic carbocycles. The maximum Gasteiger partial charge on any atom is 0.314 e. The highest BCUT2D eigenvalue weighted by atomic mass is 16.4. The Balaban J connectivity index is 1.48. The molecule has 1 N–H and O–H groups in total. The fraction of sp³-hybridized carbons (Fsp3) is 0.217. The van der Waals surface area contributed by atoms with Crippen LogP contribution in [0.1, 0.15) is 28.8 Å². The van der Waals surface area contributed by atoms with Crippen molar-refractivity contribution in [2.75, 3.05) is 13.1 Å². The lowest BCUT2D eigenvalue weighted by molar-refractivity contribution is -0.145. The number of carbonyl (C=O) groups excluding carboxylic acids is 1. The zero-order valence-corrected chi connectivity index (χ0v) is 15.5. The van der Waals surface area contributed by atoms with E-state index in [4.69, 9.17) is 0 Å². The Bertz CT molecular complexity index is 955. The number of carboxylic acids is 1. The summed E-state index contributed by atoms with van der Waals surface area (Å²) >= 11 is 0. The first-order valence-corrected chi connectivity index (χ1v) is 9.42. The maximum atomic E-state index is 12.9. The van der Waals surface area contributed by atoms with Crippen molar-refractivity contribution in [2.24, 2.45) is 0 Å². The minimum atomic E-state index is -0.920. The number of hydrogen-bond donors (Lipinski definition) is 1. The van der Waals surface area contributed by atoms with E-state index < -0.39 is 11.4 Å². The molecule has 0 bridgehead atoms. The second-order valence-electron chi connectivity index (χ2n) is 7.18. The lowest BCUT2D eigenvalue weighted by atomic mass is 9.73. The average molecular weight is 374 g/mol. The lowest BCUT2D eigenvalue weighted by Crippen LogP contribution is -2.49. The van der Waals surface area contributed by atoms with Crippen LogP contribution in [0.15, 0.2) is 79.1 Å². The van der Waals surface area contributed by atoms with E-state index in [2.05, 4.69) is 0 Å². The van der Waals surface area contributed by atoms with Crippen LogP contribution in [0.3, 0.4) is 0 Å². The first-order valence-electron chi connectivity index (χ1n) is 9.42. The summed E-state index contributed by atoms with van der Waals surface area (Å²) in [5, 5.41) is 9.90. The van der Waals surface area contributed by atoms with Crippen molar-refractivity contribution in [1.82, 2.24) is 9.47 Å². The molecule has 28 heavy (non-hydrogen) atoms. The number of aliphatic carboxylic acids is 1. The number of benzene rings is 2. The molecule has 0 unspecified atom stereocenters. The summed E-state index contributed by atoms with van der Waals surface area (Å²) in [6.45, 7) is 0.860. The number of rotatable bonds is 4. The predicted octanol–water partition coefficient (Wildman–Crippen LogP) is 3.74. The van der Waals surface area contributed by atoms with Crippen LogP contribution >= 0.6 is 0 Å². The Kier molecular flexibility index (Phi) is 4.74. The summed E-state index contributed by atoms with van der Waals surface area (Å²) in [5.41, 5.74) is 1.51. The Morgan fingerprint density at radius 2 is 1.43 bits per heavy atom. The fourth-order valence-electron chi connectivity index (χ4n) is 3.94. The summed E-state index contributed by atoms with van der Waals surface area (Å²) in [6, 6.07) is 20.7. The van der Waals surface area contributed by atoms with Crippen molar-refractivity contribution in [3.8, 4) is 5.69 Å². The molecule has 0 aliphatic carbocycles. The van der Waals surface area contributed by atoms with Gasteiger partial charge in [-0.2, -0.15) is 0 Å². The number of aromatic nitrogens is 1. The number of hydrogen-bond acceptors (Lipinski definition) is 2. The molecule has 0 saturated carbocycles. The highest BCUT2D eigenvalue weighted by Crippen LogP contribution is 2.36. The van der Waals surface area contributed by atoms with Crippen LogP contribution in [-0.4, -0.2) is 39.5 Å². The van der Waals surface area contributed by atoms with Gasteiger partial charge >= 0.3 is 5.97 Å². The van der Waals surface area contributed by atoms with Gasteiger partial charge in [0.05, 0.1) is 5.41 Å². The molecule has 1 saturated heterocycles. The van der Waals surface area contributed by atoms with E-state index in [1.54, 1.807) is 4.90 Å². The molecule has 1 aromatic heterocycles. The minimum Gasteiger partial charge on any atom is -0.481 e. The van der Waals surface area contributed by atoms with Crippen LogP contribution in [0.25, 0.3) is 5.69 Å². The van der Waals surface area contributed by atoms with Gasteiger partial charge in [-0.1, -0.05) is 30.3 Å². The lowest BCUT2D eigenvalue weighted by Gasteiger charge is -2.39. The average Bonchev–Trinajstić information content (AvgIpc) is 3.29. The molecular weight excluding hydrogens is 352 g/mol. The van der Waals surface area contributed by atoms with Gasteiger partial charge < -0.3 is 14.6 Å². The van der Waals surface area contributed by atoms with Gasteiger partial charge in [0.15, 0.2) is 0 Å². The second-order valence-corrected chi connectivity index (χ2v) is 7.18. The molecule has 0 atom stereocenters. The maximum absolute atomic E-state index is 12.9. The van der Waals surface area contributed by atoms with Gasteiger partial charge in [0, 0.05) is 36.7 Å². The molecule has 142 valence electrons. The summed E-state index contributed by atoms with van der Waals surface area (Å²) in [4.78, 5) is 26.7. The van der Waals surface area contributed by atoms with E-state index in [9.17, 15) is 14.7 Å². The van der Waals surface area contributed by atoms with Crippen LogP contribution < -0.4 is 0 Å². The molecule has 0 spiro atoms. The van der Waals surface area contributed by atoms with E-state index in [1.807, 2.05) is 83.7 Å². The first-order chi connectivity index (χ1) is 13.6. The SMILES string of the molecule is O=C(c1ccc(-n2cccc2)cc1)N1CCC(C(=O)O)(c2ccccc2)CC1. The molecular formula is C23H22N2O3. The zero-order valence-electron chi connectivity index (χ0n) is 15.5. The molecule has 1 aliphatic heterocycles. The third-order valence-electron chi connectivity index (χ3n) is 5.66. The number of nitrogens with zero attached hydrogens (tertiary/aromatic N) is 2. The van der Waals surface area contributed by atoms with E-state index >= 15 is 0 Å². The van der Waals surface area contributed by atoms with Crippen molar-refractivity contribution in [3.05, 3.63) is 90.3 Å². The standard InChI is InChI=1S/C23H22N2O3/c26-21(18-8-10-20(11-9-18)24-14-4-5-15-24)25-16-12-23(13-17-25,22(27)28)19-6-2-1-3-7-19/h1-11,14-15H,12-13,16-17H2,(H,27,28). The van der Waals surface area contributed by atoms with E-state index in [-0.39, 0.29) is 5.91 Å². The molecule has 3 aromatic rings. The quantitative estimate of drug-likeness (QED) is 0.757. The van der Waals surface area contributed by atoms with Gasteiger partial charge in [0.1, 0.15) is 0 Å². The van der Waals surface area contributed by atoms with Crippen LogP contribution in [0.2, 0.25) is 0 Å². The van der Waals surface area contributed by atoms with Crippen LogP contribution in [-0.2, 0) is 10.2 Å². The van der Waals surface area contributed by atoms with Gasteiger partial charge in [-0.3, -0.25) is 9.59 Å². The normalized spacial score (nSPS) is 15.9. The highest BCUT2D eigenvalue weighted by molar-refractivity contribution is 5.94. The third-order valence-corrected chi connectivity index (χ3v) is 5.66. The van der Waals surface area contributed by atoms with Crippen LogP contribution in [0, 0.1) is 0 Å². The van der Waals surface area contributed by atoms with Gasteiger partial charge in [-0.25, -0.2) is 0 Å². The third kappa shape index (κ3) is 3.20. The largest absolute Gasteiger partial charge is 0.481 e. The summed E-state index contributed by atoms with van der Waals surface area (Å²) in [7, 11) is 0. The Morgan fingerprint density at radius 1 is 0.821 bits per heavy atom. The van der Waals surface area contributed by atoms with Crippen LogP contribution in [0.5, 0.6) is 0 Å². The van der Waals surface area contributed by atoms with Gasteiger partial charge in [-0.05, 0) is 54.8 Å². The topological polar surface area (TPSA) is 62.5 Å².